The van der Waals surface area contributed by atoms with Crippen molar-refractivity contribution in [2.24, 2.45) is 0 Å². The number of carbonyl (C=O) groups excluding carboxylic acids is 1. The van der Waals surface area contributed by atoms with E-state index in [9.17, 15) is 4.79 Å². The van der Waals surface area contributed by atoms with E-state index in [1.807, 2.05) is 37.3 Å². The molecule has 0 radical (unpaired) electrons. The molecule has 0 bridgehead atoms. The molecular weight excluding hydrogens is 300 g/mol. The zero-order valence-electron chi connectivity index (χ0n) is 13.9. The van der Waals surface area contributed by atoms with Gasteiger partial charge in [-0.2, -0.15) is 0 Å². The molecule has 124 valence electrons. The Bertz CT molecular complexity index is 741. The number of nitrogens with one attached hydrogen (secondary N) is 1. The molecule has 0 spiro atoms. The Balaban J connectivity index is 1.45. The highest BCUT2D eigenvalue weighted by Gasteiger charge is 2.29. The molecule has 2 heterocycles. The fraction of sp³-hybridized carbons (Fsp3) is 0.350. The van der Waals surface area contributed by atoms with Gasteiger partial charge in [0.05, 0.1) is 0 Å². The van der Waals surface area contributed by atoms with Crippen LogP contribution in [-0.4, -0.2) is 25.1 Å². The summed E-state index contributed by atoms with van der Waals surface area (Å²) < 4.78 is 5.77. The van der Waals surface area contributed by atoms with Crippen molar-refractivity contribution in [1.82, 2.24) is 0 Å². The number of nitrogens with zero attached hydrogens (tertiary/aromatic N) is 1. The summed E-state index contributed by atoms with van der Waals surface area (Å²) >= 11 is 0. The third-order valence-corrected chi connectivity index (χ3v) is 4.88. The fourth-order valence-electron chi connectivity index (χ4n) is 3.50. The topological polar surface area (TPSA) is 41.6 Å². The van der Waals surface area contributed by atoms with Crippen molar-refractivity contribution in [2.75, 3.05) is 23.3 Å². The molecule has 2 aliphatic heterocycles. The first kappa shape index (κ1) is 15.1. The Kier molecular flexibility index (Phi) is 3.89. The van der Waals surface area contributed by atoms with Crippen molar-refractivity contribution in [3.63, 3.8) is 0 Å². The van der Waals surface area contributed by atoms with Gasteiger partial charge in [-0.1, -0.05) is 18.2 Å². The molecule has 1 atom stereocenters. The number of para-hydroxylation sites is 1. The predicted octanol–water partition coefficient (Wildman–Crippen LogP) is 3.54. The standard InChI is InChI=1S/C20H22N2O2/c1-14-12-16(22-10-4-5-11-22)8-9-17(14)21-20(23)19-13-15-6-2-3-7-18(15)24-19/h2-3,6-9,12,19H,4-5,10-11,13H2,1H3,(H,21,23). The lowest BCUT2D eigenvalue weighted by molar-refractivity contribution is -0.122. The first-order chi connectivity index (χ1) is 11.7. The molecule has 2 aromatic carbocycles. The average molecular weight is 322 g/mol. The van der Waals surface area contributed by atoms with Crippen molar-refractivity contribution < 1.29 is 9.53 Å². The van der Waals surface area contributed by atoms with Gasteiger partial charge in [-0.05, 0) is 55.2 Å². The number of amides is 1. The molecule has 24 heavy (non-hydrogen) atoms. The van der Waals surface area contributed by atoms with E-state index in [0.29, 0.717) is 6.42 Å². The summed E-state index contributed by atoms with van der Waals surface area (Å²) in [7, 11) is 0. The lowest BCUT2D eigenvalue weighted by atomic mass is 10.1. The molecule has 0 saturated carbocycles. The van der Waals surface area contributed by atoms with E-state index in [1.54, 1.807) is 0 Å². The van der Waals surface area contributed by atoms with Crippen molar-refractivity contribution in [1.29, 1.82) is 0 Å². The van der Waals surface area contributed by atoms with Crippen LogP contribution in [0.4, 0.5) is 11.4 Å². The van der Waals surface area contributed by atoms with E-state index < -0.39 is 6.10 Å². The van der Waals surface area contributed by atoms with Crippen molar-refractivity contribution in [3.8, 4) is 5.75 Å². The number of carbonyl (C=O) groups is 1. The molecule has 1 amide bonds. The third kappa shape index (κ3) is 2.84. The van der Waals surface area contributed by atoms with Gasteiger partial charge in [0.1, 0.15) is 5.75 Å². The van der Waals surface area contributed by atoms with Crippen LogP contribution in [0.1, 0.15) is 24.0 Å². The van der Waals surface area contributed by atoms with Crippen molar-refractivity contribution in [2.45, 2.75) is 32.3 Å². The SMILES string of the molecule is Cc1cc(N2CCCC2)ccc1NC(=O)C1Cc2ccccc2O1. The van der Waals surface area contributed by atoms with Crippen LogP contribution in [0.3, 0.4) is 0 Å². The molecule has 2 aromatic rings. The summed E-state index contributed by atoms with van der Waals surface area (Å²) in [5.41, 5.74) is 4.29. The lowest BCUT2D eigenvalue weighted by Gasteiger charge is -2.20. The number of hydrogen-bond donors (Lipinski definition) is 1. The third-order valence-electron chi connectivity index (χ3n) is 4.88. The van der Waals surface area contributed by atoms with Gasteiger partial charge in [-0.15, -0.1) is 0 Å². The molecule has 4 heteroatoms. The second kappa shape index (κ2) is 6.19. The Labute approximate surface area is 142 Å². The predicted molar refractivity (Wildman–Crippen MR) is 95.8 cm³/mol. The van der Waals surface area contributed by atoms with Crippen molar-refractivity contribution in [3.05, 3.63) is 53.6 Å². The number of anilines is 2. The zero-order valence-corrected chi connectivity index (χ0v) is 13.9. The minimum absolute atomic E-state index is 0.0803. The Morgan fingerprint density at radius 2 is 1.96 bits per heavy atom. The minimum atomic E-state index is -0.444. The first-order valence-electron chi connectivity index (χ1n) is 8.62. The van der Waals surface area contributed by atoms with Gasteiger partial charge < -0.3 is 15.0 Å². The van der Waals surface area contributed by atoms with Crippen LogP contribution in [0.15, 0.2) is 42.5 Å². The summed E-state index contributed by atoms with van der Waals surface area (Å²) in [6.07, 6.45) is 2.71. The van der Waals surface area contributed by atoms with Gasteiger partial charge in [0.2, 0.25) is 0 Å². The summed E-state index contributed by atoms with van der Waals surface area (Å²) in [5, 5.41) is 3.02. The monoisotopic (exact) mass is 322 g/mol. The maximum atomic E-state index is 12.5. The van der Waals surface area contributed by atoms with Gasteiger partial charge in [0.15, 0.2) is 6.10 Å². The molecule has 1 N–H and O–H groups in total. The van der Waals surface area contributed by atoms with Crippen LogP contribution in [0, 0.1) is 6.92 Å². The number of rotatable bonds is 3. The second-order valence-electron chi connectivity index (χ2n) is 6.60. The molecule has 1 saturated heterocycles. The summed E-state index contributed by atoms with van der Waals surface area (Å²) in [6.45, 7) is 4.29. The van der Waals surface area contributed by atoms with Gasteiger partial charge in [0.25, 0.3) is 5.91 Å². The van der Waals surface area contributed by atoms with Crippen LogP contribution in [0.2, 0.25) is 0 Å². The smallest absolute Gasteiger partial charge is 0.265 e. The summed E-state index contributed by atoms with van der Waals surface area (Å²) in [6, 6.07) is 14.1. The van der Waals surface area contributed by atoms with E-state index in [0.717, 1.165) is 35.7 Å². The highest BCUT2D eigenvalue weighted by Crippen LogP contribution is 2.30. The molecular formula is C20H22N2O2. The molecule has 2 aliphatic rings. The number of hydrogen-bond acceptors (Lipinski definition) is 3. The number of benzene rings is 2. The van der Waals surface area contributed by atoms with Crippen LogP contribution < -0.4 is 15.0 Å². The van der Waals surface area contributed by atoms with Crippen LogP contribution in [0.5, 0.6) is 5.75 Å². The van der Waals surface area contributed by atoms with E-state index in [4.69, 9.17) is 4.74 Å². The summed E-state index contributed by atoms with van der Waals surface area (Å²) in [4.78, 5) is 14.9. The largest absolute Gasteiger partial charge is 0.480 e. The van der Waals surface area contributed by atoms with E-state index in [-0.39, 0.29) is 5.91 Å². The molecule has 4 nitrogen and oxygen atoms in total. The minimum Gasteiger partial charge on any atom is -0.480 e. The maximum Gasteiger partial charge on any atom is 0.265 e. The molecule has 1 fully saturated rings. The van der Waals surface area contributed by atoms with E-state index in [1.165, 1.54) is 18.5 Å². The Hall–Kier alpha value is -2.49. The average Bonchev–Trinajstić information content (AvgIpc) is 3.26. The maximum absolute atomic E-state index is 12.5. The van der Waals surface area contributed by atoms with Gasteiger partial charge in [-0.3, -0.25) is 4.79 Å². The van der Waals surface area contributed by atoms with Crippen molar-refractivity contribution >= 4 is 17.3 Å². The first-order valence-corrected chi connectivity index (χ1v) is 8.62. The fourth-order valence-corrected chi connectivity index (χ4v) is 3.50. The summed E-state index contributed by atoms with van der Waals surface area (Å²) in [5.74, 6) is 0.738. The molecule has 4 rings (SSSR count). The highest BCUT2D eigenvalue weighted by atomic mass is 16.5. The van der Waals surface area contributed by atoms with Gasteiger partial charge in [-0.25, -0.2) is 0 Å². The second-order valence-corrected chi connectivity index (χ2v) is 6.60. The zero-order chi connectivity index (χ0) is 16.5. The van der Waals surface area contributed by atoms with Gasteiger partial charge >= 0.3 is 0 Å². The highest BCUT2D eigenvalue weighted by molar-refractivity contribution is 5.96. The van der Waals surface area contributed by atoms with Crippen LogP contribution in [-0.2, 0) is 11.2 Å². The lowest BCUT2D eigenvalue weighted by Crippen LogP contribution is -2.31. The molecule has 0 aromatic heterocycles. The molecule has 1 unspecified atom stereocenters. The van der Waals surface area contributed by atoms with Crippen LogP contribution in [0.25, 0.3) is 0 Å². The van der Waals surface area contributed by atoms with E-state index in [2.05, 4.69) is 22.3 Å². The molecule has 0 aliphatic carbocycles. The number of ether oxygens (including phenoxy) is 1. The quantitative estimate of drug-likeness (QED) is 0.940. The number of fused-ring (bicyclic) bond motifs is 1. The van der Waals surface area contributed by atoms with E-state index >= 15 is 0 Å². The Morgan fingerprint density at radius 3 is 2.71 bits per heavy atom. The number of aryl methyl sites for hydroxylation is 1. The van der Waals surface area contributed by atoms with Crippen LogP contribution >= 0.6 is 0 Å². The Morgan fingerprint density at radius 1 is 1.17 bits per heavy atom. The normalized spacial score (nSPS) is 19.0. The van der Waals surface area contributed by atoms with Gasteiger partial charge in [0, 0.05) is 30.9 Å².